The van der Waals surface area contributed by atoms with Gasteiger partial charge in [0, 0.05) is 67.3 Å². The van der Waals surface area contributed by atoms with Gasteiger partial charge in [-0.25, -0.2) is 0 Å². The monoisotopic (exact) mass is 802 g/mol. The Hall–Kier alpha value is -7.30. The summed E-state index contributed by atoms with van der Waals surface area (Å²) in [4.78, 5) is 2.42. The van der Waals surface area contributed by atoms with Crippen molar-refractivity contribution in [3.63, 3.8) is 0 Å². The van der Waals surface area contributed by atoms with Gasteiger partial charge in [-0.3, -0.25) is 0 Å². The molecule has 62 heavy (non-hydrogen) atoms. The van der Waals surface area contributed by atoms with Crippen LogP contribution in [0.2, 0.25) is 0 Å². The van der Waals surface area contributed by atoms with Crippen molar-refractivity contribution in [2.75, 3.05) is 4.90 Å². The predicted octanol–water partition coefficient (Wildman–Crippen LogP) is 15.9. The van der Waals surface area contributed by atoms with Gasteiger partial charge in [-0.15, -0.1) is 0 Å². The second-order valence-corrected chi connectivity index (χ2v) is 18.8. The van der Waals surface area contributed by atoms with E-state index in [4.69, 9.17) is 0 Å². The maximum absolute atomic E-state index is 2.43. The van der Waals surface area contributed by atoms with Crippen molar-refractivity contribution in [3.8, 4) is 17.1 Å². The van der Waals surface area contributed by atoms with Crippen LogP contribution in [0.25, 0.3) is 71.6 Å². The maximum atomic E-state index is 2.43. The number of aromatic nitrogens is 3. The van der Waals surface area contributed by atoms with E-state index in [1.54, 1.807) is 0 Å². The van der Waals surface area contributed by atoms with Crippen LogP contribution in [0.3, 0.4) is 0 Å². The molecule has 3 heterocycles. The molecule has 0 N–H and O–H groups in total. The number of rotatable bonds is 6. The van der Waals surface area contributed by atoms with E-state index in [0.29, 0.717) is 0 Å². The molecule has 0 saturated heterocycles. The zero-order valence-electron chi connectivity index (χ0n) is 36.3. The fraction of sp³-hybridized carbons (Fsp3) is 0.138. The van der Waals surface area contributed by atoms with Crippen molar-refractivity contribution in [1.82, 2.24) is 13.7 Å². The Morgan fingerprint density at radius 3 is 1.60 bits per heavy atom. The van der Waals surface area contributed by atoms with Crippen molar-refractivity contribution in [3.05, 3.63) is 205 Å². The SMILES string of the molecule is CC(C)(C)c1ccc(N(c2cccc(-n3ccc4ccc5c6ccccc6n(-c6ccccc6)c5c43)c2)c2ccc3c(c2)c2ccccc2n3-c2ccc(C(C)(C)C)cc2)cc1. The van der Waals surface area contributed by atoms with Gasteiger partial charge in [-0.1, -0.05) is 139 Å². The summed E-state index contributed by atoms with van der Waals surface area (Å²) in [5.74, 6) is 0. The van der Waals surface area contributed by atoms with Crippen LogP contribution >= 0.6 is 0 Å². The van der Waals surface area contributed by atoms with Gasteiger partial charge in [0.15, 0.2) is 0 Å². The molecular weight excluding hydrogens is 753 g/mol. The average molecular weight is 803 g/mol. The zero-order chi connectivity index (χ0) is 42.3. The molecule has 302 valence electrons. The first-order chi connectivity index (χ1) is 30.0. The first-order valence-electron chi connectivity index (χ1n) is 21.8. The Kier molecular flexibility index (Phi) is 8.59. The minimum Gasteiger partial charge on any atom is -0.315 e. The van der Waals surface area contributed by atoms with Crippen LogP contribution in [0.4, 0.5) is 17.1 Å². The lowest BCUT2D eigenvalue weighted by molar-refractivity contribution is 0.590. The summed E-state index contributed by atoms with van der Waals surface area (Å²) < 4.78 is 7.22. The molecule has 0 saturated carbocycles. The van der Waals surface area contributed by atoms with Gasteiger partial charge in [0.25, 0.3) is 0 Å². The molecular formula is C58H50N4. The summed E-state index contributed by atoms with van der Waals surface area (Å²) in [6.07, 6.45) is 2.23. The quantitative estimate of drug-likeness (QED) is 0.164. The van der Waals surface area contributed by atoms with E-state index in [1.807, 2.05) is 0 Å². The van der Waals surface area contributed by atoms with Crippen molar-refractivity contribution in [2.45, 2.75) is 52.4 Å². The molecule has 3 aromatic heterocycles. The smallest absolute Gasteiger partial charge is 0.0788 e. The summed E-state index contributed by atoms with van der Waals surface area (Å²) in [5, 5.41) is 6.15. The van der Waals surface area contributed by atoms with Crippen LogP contribution in [0.5, 0.6) is 0 Å². The summed E-state index contributed by atoms with van der Waals surface area (Å²) in [7, 11) is 0. The molecule has 0 radical (unpaired) electrons. The second kappa shape index (κ2) is 14.1. The van der Waals surface area contributed by atoms with Crippen molar-refractivity contribution in [1.29, 1.82) is 0 Å². The highest BCUT2D eigenvalue weighted by Crippen LogP contribution is 2.43. The second-order valence-electron chi connectivity index (χ2n) is 18.8. The van der Waals surface area contributed by atoms with Crippen LogP contribution in [0, 0.1) is 0 Å². The van der Waals surface area contributed by atoms with Gasteiger partial charge < -0.3 is 18.6 Å². The molecule has 4 heteroatoms. The molecule has 0 bridgehead atoms. The molecule has 0 unspecified atom stereocenters. The number of para-hydroxylation sites is 3. The lowest BCUT2D eigenvalue weighted by Gasteiger charge is -2.27. The van der Waals surface area contributed by atoms with E-state index in [9.17, 15) is 0 Å². The molecule has 0 fully saturated rings. The van der Waals surface area contributed by atoms with E-state index in [-0.39, 0.29) is 10.8 Å². The Morgan fingerprint density at radius 1 is 0.355 bits per heavy atom. The Balaban J connectivity index is 1.11. The molecule has 4 nitrogen and oxygen atoms in total. The number of anilines is 3. The molecule has 8 aromatic carbocycles. The van der Waals surface area contributed by atoms with Gasteiger partial charge in [-0.2, -0.15) is 0 Å². The third kappa shape index (κ3) is 6.12. The summed E-state index contributed by atoms with van der Waals surface area (Å²) in [6.45, 7) is 13.6. The number of fused-ring (bicyclic) bond motifs is 8. The highest BCUT2D eigenvalue weighted by Gasteiger charge is 2.22. The van der Waals surface area contributed by atoms with Crippen molar-refractivity contribution in [2.24, 2.45) is 0 Å². The van der Waals surface area contributed by atoms with Gasteiger partial charge >= 0.3 is 0 Å². The first kappa shape index (κ1) is 37.7. The topological polar surface area (TPSA) is 18.0 Å². The predicted molar refractivity (Wildman–Crippen MR) is 264 cm³/mol. The van der Waals surface area contributed by atoms with Gasteiger partial charge in [0.1, 0.15) is 0 Å². The zero-order valence-corrected chi connectivity index (χ0v) is 36.3. The first-order valence-corrected chi connectivity index (χ1v) is 21.8. The minimum absolute atomic E-state index is 0.0398. The van der Waals surface area contributed by atoms with E-state index in [1.165, 1.54) is 71.3 Å². The van der Waals surface area contributed by atoms with Crippen LogP contribution < -0.4 is 4.90 Å². The Bertz CT molecular complexity index is 3460. The Labute approximate surface area is 363 Å². The van der Waals surface area contributed by atoms with E-state index >= 15 is 0 Å². The summed E-state index contributed by atoms with van der Waals surface area (Å²) >= 11 is 0. The number of hydrogen-bond donors (Lipinski definition) is 0. The van der Waals surface area contributed by atoms with E-state index in [2.05, 4.69) is 254 Å². The highest BCUT2D eigenvalue weighted by atomic mass is 15.1. The lowest BCUT2D eigenvalue weighted by Crippen LogP contribution is -2.13. The lowest BCUT2D eigenvalue weighted by atomic mass is 9.87. The molecule has 11 aromatic rings. The third-order valence-corrected chi connectivity index (χ3v) is 12.8. The van der Waals surface area contributed by atoms with Crippen LogP contribution in [0.15, 0.2) is 194 Å². The molecule has 0 spiro atoms. The maximum Gasteiger partial charge on any atom is 0.0788 e. The number of hydrogen-bond acceptors (Lipinski definition) is 1. The summed E-state index contributed by atoms with van der Waals surface area (Å²) in [5.41, 5.74) is 15.5. The van der Waals surface area contributed by atoms with Crippen molar-refractivity contribution >= 4 is 71.6 Å². The summed E-state index contributed by atoms with van der Waals surface area (Å²) in [6, 6.07) is 69.4. The standard InChI is InChI=1S/C58H50N4/c1-57(2,3)40-24-28-43(29-25-40)60(47-32-34-54-51(38-47)49-20-11-12-21-52(49)61(54)44-30-26-41(27-31-44)58(4,5)6)46-18-14-17-45(37-46)59-36-35-39-23-33-50-48-19-10-13-22-53(48)62(56(50)55(39)59)42-15-8-7-9-16-42/h7-38H,1-6H3. The fourth-order valence-corrected chi connectivity index (χ4v) is 9.56. The van der Waals surface area contributed by atoms with Crippen LogP contribution in [-0.4, -0.2) is 13.7 Å². The fourth-order valence-electron chi connectivity index (χ4n) is 9.56. The Morgan fingerprint density at radius 2 is 0.903 bits per heavy atom. The number of nitrogens with zero attached hydrogens (tertiary/aromatic N) is 4. The van der Waals surface area contributed by atoms with Gasteiger partial charge in [-0.05, 0) is 113 Å². The molecule has 0 aliphatic rings. The average Bonchev–Trinajstić information content (AvgIpc) is 3.97. The van der Waals surface area contributed by atoms with Crippen LogP contribution in [0.1, 0.15) is 52.7 Å². The largest absolute Gasteiger partial charge is 0.315 e. The van der Waals surface area contributed by atoms with Crippen molar-refractivity contribution < 1.29 is 0 Å². The molecule has 0 aliphatic heterocycles. The van der Waals surface area contributed by atoms with Gasteiger partial charge in [0.2, 0.25) is 0 Å². The van der Waals surface area contributed by atoms with Crippen LogP contribution in [-0.2, 0) is 10.8 Å². The van der Waals surface area contributed by atoms with Gasteiger partial charge in [0.05, 0.1) is 27.6 Å². The molecule has 0 amide bonds. The highest BCUT2D eigenvalue weighted by molar-refractivity contribution is 6.18. The molecule has 0 aliphatic carbocycles. The van der Waals surface area contributed by atoms with E-state index in [0.717, 1.165) is 28.4 Å². The normalized spacial score (nSPS) is 12.4. The third-order valence-electron chi connectivity index (χ3n) is 12.8. The molecule has 11 rings (SSSR count). The van der Waals surface area contributed by atoms with E-state index < -0.39 is 0 Å². The molecule has 0 atom stereocenters. The minimum atomic E-state index is 0.0398. The number of benzene rings is 8.